The molecule has 0 aliphatic carbocycles. The molecule has 0 aliphatic heterocycles. The molecule has 0 spiro atoms. The Hall–Kier alpha value is -1.50. The number of aliphatic hydroxyl groups excluding tert-OH is 2. The van der Waals surface area contributed by atoms with E-state index in [1.807, 2.05) is 0 Å². The van der Waals surface area contributed by atoms with E-state index in [0.29, 0.717) is 5.56 Å². The second-order valence-corrected chi connectivity index (χ2v) is 3.59. The molecule has 1 rings (SSSR count). The molecule has 6 heteroatoms. The van der Waals surface area contributed by atoms with Gasteiger partial charge in [0.2, 0.25) is 0 Å². The second kappa shape index (κ2) is 6.29. The summed E-state index contributed by atoms with van der Waals surface area (Å²) in [6.07, 6.45) is -0.863. The average Bonchev–Trinajstić information content (AvgIpc) is 2.28. The van der Waals surface area contributed by atoms with E-state index in [0.717, 1.165) is 6.07 Å². The lowest BCUT2D eigenvalue weighted by molar-refractivity contribution is 0.0692. The zero-order chi connectivity index (χ0) is 12.8. The Morgan fingerprint density at radius 2 is 2.18 bits per heavy atom. The summed E-state index contributed by atoms with van der Waals surface area (Å²) >= 11 is 0. The van der Waals surface area contributed by atoms with Crippen LogP contribution in [0.3, 0.4) is 0 Å². The summed E-state index contributed by atoms with van der Waals surface area (Å²) < 4.78 is 13.3. The number of benzene rings is 1. The van der Waals surface area contributed by atoms with Gasteiger partial charge in [0, 0.05) is 13.1 Å². The van der Waals surface area contributed by atoms with Crippen molar-refractivity contribution in [1.82, 2.24) is 5.32 Å². The molecule has 1 aromatic rings. The Bertz CT molecular complexity index is 397. The van der Waals surface area contributed by atoms with Crippen molar-refractivity contribution in [3.63, 3.8) is 0 Å². The molecule has 0 saturated carbocycles. The number of halogens is 1. The minimum Gasteiger partial charge on any atom is -0.478 e. The van der Waals surface area contributed by atoms with Crippen LogP contribution in [0.15, 0.2) is 18.2 Å². The van der Waals surface area contributed by atoms with Crippen LogP contribution in [0.5, 0.6) is 0 Å². The monoisotopic (exact) mass is 243 g/mol. The Balaban J connectivity index is 2.56. The third kappa shape index (κ3) is 4.10. The Kier molecular flexibility index (Phi) is 5.02. The Labute approximate surface area is 97.5 Å². The van der Waals surface area contributed by atoms with E-state index >= 15 is 0 Å². The molecule has 4 N–H and O–H groups in total. The number of carbonyl (C=O) groups is 1. The zero-order valence-corrected chi connectivity index (χ0v) is 9.06. The minimum absolute atomic E-state index is 0.179. The predicted molar refractivity (Wildman–Crippen MR) is 58.2 cm³/mol. The van der Waals surface area contributed by atoms with Gasteiger partial charge in [-0.3, -0.25) is 0 Å². The van der Waals surface area contributed by atoms with Crippen molar-refractivity contribution in [3.8, 4) is 0 Å². The van der Waals surface area contributed by atoms with Gasteiger partial charge in [0.1, 0.15) is 5.82 Å². The van der Waals surface area contributed by atoms with Gasteiger partial charge in [-0.25, -0.2) is 9.18 Å². The highest BCUT2D eigenvalue weighted by atomic mass is 19.1. The van der Waals surface area contributed by atoms with Crippen LogP contribution in [-0.2, 0) is 6.54 Å². The van der Waals surface area contributed by atoms with Gasteiger partial charge in [-0.1, -0.05) is 6.07 Å². The molecule has 0 amide bonds. The van der Waals surface area contributed by atoms with Crippen molar-refractivity contribution in [2.75, 3.05) is 13.2 Å². The fourth-order valence-electron chi connectivity index (χ4n) is 1.29. The molecule has 0 aliphatic rings. The highest BCUT2D eigenvalue weighted by Crippen LogP contribution is 2.10. The molecule has 1 aromatic carbocycles. The van der Waals surface area contributed by atoms with E-state index < -0.39 is 17.9 Å². The number of hydrogen-bond acceptors (Lipinski definition) is 4. The van der Waals surface area contributed by atoms with Crippen molar-refractivity contribution in [1.29, 1.82) is 0 Å². The van der Waals surface area contributed by atoms with Gasteiger partial charge in [0.15, 0.2) is 0 Å². The van der Waals surface area contributed by atoms with Crippen LogP contribution in [0, 0.1) is 5.82 Å². The lowest BCUT2D eigenvalue weighted by Gasteiger charge is -2.09. The lowest BCUT2D eigenvalue weighted by Crippen LogP contribution is -2.28. The quantitative estimate of drug-likeness (QED) is 0.563. The average molecular weight is 243 g/mol. The molecule has 94 valence electrons. The maximum atomic E-state index is 13.3. The van der Waals surface area contributed by atoms with Gasteiger partial charge >= 0.3 is 5.97 Å². The summed E-state index contributed by atoms with van der Waals surface area (Å²) in [7, 11) is 0. The number of hydrogen-bond donors (Lipinski definition) is 4. The van der Waals surface area contributed by atoms with Crippen LogP contribution in [0.4, 0.5) is 4.39 Å². The Morgan fingerprint density at radius 1 is 1.47 bits per heavy atom. The molecule has 0 saturated heterocycles. The van der Waals surface area contributed by atoms with Crippen molar-refractivity contribution >= 4 is 5.97 Å². The van der Waals surface area contributed by atoms with Crippen molar-refractivity contribution in [2.24, 2.45) is 0 Å². The molecular weight excluding hydrogens is 229 g/mol. The maximum Gasteiger partial charge on any atom is 0.338 e. The lowest BCUT2D eigenvalue weighted by atomic mass is 10.1. The second-order valence-electron chi connectivity index (χ2n) is 3.59. The van der Waals surface area contributed by atoms with Gasteiger partial charge < -0.3 is 20.6 Å². The fraction of sp³-hybridized carbons (Fsp3) is 0.364. The largest absolute Gasteiger partial charge is 0.478 e. The number of aromatic carboxylic acids is 1. The number of nitrogens with one attached hydrogen (secondary N) is 1. The van der Waals surface area contributed by atoms with Gasteiger partial charge in [-0.05, 0) is 17.7 Å². The van der Waals surface area contributed by atoms with E-state index in [1.165, 1.54) is 12.1 Å². The number of carboxylic acids is 1. The SMILES string of the molecule is O=C(O)c1ccc(CNCC(O)CO)cc1F. The summed E-state index contributed by atoms with van der Waals surface area (Å²) in [6, 6.07) is 3.81. The normalized spacial score (nSPS) is 12.4. The molecule has 1 unspecified atom stereocenters. The first-order valence-electron chi connectivity index (χ1n) is 5.06. The number of rotatable bonds is 6. The summed E-state index contributed by atoms with van der Waals surface area (Å²) in [4.78, 5) is 10.6. The van der Waals surface area contributed by atoms with Crippen LogP contribution in [0.25, 0.3) is 0 Å². The van der Waals surface area contributed by atoms with Crippen LogP contribution >= 0.6 is 0 Å². The highest BCUT2D eigenvalue weighted by molar-refractivity contribution is 5.87. The van der Waals surface area contributed by atoms with E-state index in [-0.39, 0.29) is 25.3 Å². The maximum absolute atomic E-state index is 13.3. The number of carboxylic acid groups (broad SMARTS) is 1. The molecule has 5 nitrogen and oxygen atoms in total. The van der Waals surface area contributed by atoms with Crippen molar-refractivity contribution in [2.45, 2.75) is 12.6 Å². The summed E-state index contributed by atoms with van der Waals surface area (Å²) in [6.45, 7) is 0.117. The zero-order valence-electron chi connectivity index (χ0n) is 9.06. The van der Waals surface area contributed by atoms with Crippen molar-refractivity contribution in [3.05, 3.63) is 35.1 Å². The predicted octanol–water partition coefficient (Wildman–Crippen LogP) is -0.0333. The van der Waals surface area contributed by atoms with Crippen LogP contribution in [0.1, 0.15) is 15.9 Å². The first kappa shape index (κ1) is 13.6. The van der Waals surface area contributed by atoms with Gasteiger partial charge in [-0.2, -0.15) is 0 Å². The summed E-state index contributed by atoms with van der Waals surface area (Å²) in [5.41, 5.74) is 0.196. The van der Waals surface area contributed by atoms with Crippen molar-refractivity contribution < 1.29 is 24.5 Å². The van der Waals surface area contributed by atoms with Crippen LogP contribution in [-0.4, -0.2) is 40.5 Å². The van der Waals surface area contributed by atoms with Crippen LogP contribution in [0.2, 0.25) is 0 Å². The molecule has 17 heavy (non-hydrogen) atoms. The molecular formula is C11H14FNO4. The third-order valence-corrected chi connectivity index (χ3v) is 2.18. The molecule has 1 atom stereocenters. The van der Waals surface area contributed by atoms with E-state index in [1.54, 1.807) is 0 Å². The third-order valence-electron chi connectivity index (χ3n) is 2.18. The topological polar surface area (TPSA) is 89.8 Å². The van der Waals surface area contributed by atoms with Crippen LogP contribution < -0.4 is 5.32 Å². The molecule has 0 bridgehead atoms. The standard InChI is InChI=1S/C11H14FNO4/c12-10-3-7(1-2-9(10)11(16)17)4-13-5-8(15)6-14/h1-3,8,13-15H,4-6H2,(H,16,17). The van der Waals surface area contributed by atoms with E-state index in [2.05, 4.69) is 5.32 Å². The minimum atomic E-state index is -1.31. The van der Waals surface area contributed by atoms with E-state index in [4.69, 9.17) is 15.3 Å². The van der Waals surface area contributed by atoms with Gasteiger partial charge in [0.05, 0.1) is 18.3 Å². The summed E-state index contributed by atoms with van der Waals surface area (Å²) in [5, 5.41) is 29.0. The molecule has 0 radical (unpaired) electrons. The Morgan fingerprint density at radius 3 is 2.71 bits per heavy atom. The molecule has 0 aromatic heterocycles. The highest BCUT2D eigenvalue weighted by Gasteiger charge is 2.10. The fourth-order valence-corrected chi connectivity index (χ4v) is 1.29. The molecule has 0 heterocycles. The molecule has 0 fully saturated rings. The summed E-state index contributed by atoms with van der Waals surface area (Å²) in [5.74, 6) is -2.10. The number of aliphatic hydroxyl groups is 2. The first-order chi connectivity index (χ1) is 8.04. The smallest absolute Gasteiger partial charge is 0.338 e. The first-order valence-corrected chi connectivity index (χ1v) is 5.06. The van der Waals surface area contributed by atoms with E-state index in [9.17, 15) is 9.18 Å². The van der Waals surface area contributed by atoms with Gasteiger partial charge in [-0.15, -0.1) is 0 Å². The van der Waals surface area contributed by atoms with Gasteiger partial charge in [0.25, 0.3) is 0 Å².